The summed E-state index contributed by atoms with van der Waals surface area (Å²) in [6.07, 6.45) is 4.12. The maximum absolute atomic E-state index is 13.0. The van der Waals surface area contributed by atoms with Crippen molar-refractivity contribution < 1.29 is 0 Å². The average Bonchev–Trinajstić information content (AvgIpc) is 3.32. The van der Waals surface area contributed by atoms with Crippen LogP contribution in [0.15, 0.2) is 40.6 Å². The van der Waals surface area contributed by atoms with Crippen LogP contribution in [0.3, 0.4) is 0 Å². The van der Waals surface area contributed by atoms with Crippen LogP contribution in [0.25, 0.3) is 15.9 Å². The Morgan fingerprint density at radius 1 is 1.27 bits per heavy atom. The van der Waals surface area contributed by atoms with Gasteiger partial charge in [0.1, 0.15) is 0 Å². The molecule has 1 fully saturated rings. The SMILES string of the molecule is Cc1nc2scc(C)n2c(=O)c1CCN1CC[C@H](c2c[nH]c3ccccc23)[C@H](C)C1. The molecule has 0 bridgehead atoms. The lowest BCUT2D eigenvalue weighted by molar-refractivity contribution is 0.165. The Hall–Kier alpha value is -2.44. The zero-order chi connectivity index (χ0) is 20.8. The van der Waals surface area contributed by atoms with E-state index in [9.17, 15) is 4.79 Å². The van der Waals surface area contributed by atoms with Gasteiger partial charge in [0.15, 0.2) is 4.96 Å². The summed E-state index contributed by atoms with van der Waals surface area (Å²) in [6.45, 7) is 9.36. The van der Waals surface area contributed by atoms with E-state index in [1.807, 2.05) is 19.2 Å². The number of rotatable bonds is 4. The second-order valence-electron chi connectivity index (χ2n) is 8.69. The number of H-pyrrole nitrogens is 1. The summed E-state index contributed by atoms with van der Waals surface area (Å²) in [4.78, 5) is 24.4. The molecule has 2 atom stereocenters. The van der Waals surface area contributed by atoms with E-state index in [4.69, 9.17) is 0 Å². The molecule has 4 aromatic rings. The van der Waals surface area contributed by atoms with Crippen molar-refractivity contribution in [2.75, 3.05) is 19.6 Å². The third-order valence-electron chi connectivity index (χ3n) is 6.73. The van der Waals surface area contributed by atoms with E-state index in [2.05, 4.69) is 52.3 Å². The number of aromatic amines is 1. The van der Waals surface area contributed by atoms with Gasteiger partial charge < -0.3 is 9.88 Å². The van der Waals surface area contributed by atoms with Crippen LogP contribution >= 0.6 is 11.3 Å². The van der Waals surface area contributed by atoms with Crippen LogP contribution in [0.2, 0.25) is 0 Å². The van der Waals surface area contributed by atoms with Crippen LogP contribution in [0.1, 0.15) is 41.8 Å². The molecular weight excluding hydrogens is 392 g/mol. The summed E-state index contributed by atoms with van der Waals surface area (Å²) in [5.41, 5.74) is 5.50. The Balaban J connectivity index is 1.30. The van der Waals surface area contributed by atoms with E-state index in [-0.39, 0.29) is 5.56 Å². The molecule has 1 aromatic carbocycles. The van der Waals surface area contributed by atoms with Gasteiger partial charge in [0.25, 0.3) is 5.56 Å². The Kier molecular flexibility index (Phi) is 4.99. The number of aromatic nitrogens is 3. The fraction of sp³-hybridized carbons (Fsp3) is 0.417. The third-order valence-corrected chi connectivity index (χ3v) is 7.67. The summed E-state index contributed by atoms with van der Waals surface area (Å²) in [7, 11) is 0. The molecule has 30 heavy (non-hydrogen) atoms. The summed E-state index contributed by atoms with van der Waals surface area (Å²) >= 11 is 1.54. The highest BCUT2D eigenvalue weighted by atomic mass is 32.1. The highest BCUT2D eigenvalue weighted by Gasteiger charge is 2.29. The number of nitrogens with one attached hydrogen (secondary N) is 1. The largest absolute Gasteiger partial charge is 0.361 e. The molecule has 0 radical (unpaired) electrons. The smallest absolute Gasteiger partial charge is 0.262 e. The zero-order valence-electron chi connectivity index (χ0n) is 17.8. The molecule has 0 aliphatic carbocycles. The van der Waals surface area contributed by atoms with Gasteiger partial charge in [0.05, 0.1) is 0 Å². The molecule has 0 saturated carbocycles. The van der Waals surface area contributed by atoms with Crippen molar-refractivity contribution in [3.05, 3.63) is 68.7 Å². The van der Waals surface area contributed by atoms with Gasteiger partial charge in [-0.05, 0) is 56.7 Å². The number of likely N-dealkylation sites (tertiary alicyclic amines) is 1. The summed E-state index contributed by atoms with van der Waals surface area (Å²) < 4.78 is 1.76. The lowest BCUT2D eigenvalue weighted by Crippen LogP contribution is -2.40. The van der Waals surface area contributed by atoms with Crippen molar-refractivity contribution in [1.82, 2.24) is 19.3 Å². The minimum Gasteiger partial charge on any atom is -0.361 e. The topological polar surface area (TPSA) is 53.4 Å². The first-order valence-electron chi connectivity index (χ1n) is 10.8. The van der Waals surface area contributed by atoms with Crippen LogP contribution in [0, 0.1) is 19.8 Å². The predicted molar refractivity (Wildman–Crippen MR) is 124 cm³/mol. The quantitative estimate of drug-likeness (QED) is 0.528. The molecule has 4 heterocycles. The summed E-state index contributed by atoms with van der Waals surface area (Å²) in [6, 6.07) is 8.59. The molecule has 1 aliphatic heterocycles. The van der Waals surface area contributed by atoms with Crippen molar-refractivity contribution in [3.63, 3.8) is 0 Å². The molecule has 5 nitrogen and oxygen atoms in total. The first-order chi connectivity index (χ1) is 14.5. The van der Waals surface area contributed by atoms with Crippen LogP contribution < -0.4 is 5.56 Å². The van der Waals surface area contributed by atoms with Crippen molar-refractivity contribution in [2.45, 2.75) is 39.5 Å². The van der Waals surface area contributed by atoms with E-state index in [1.54, 1.807) is 4.40 Å². The molecule has 6 heteroatoms. The van der Waals surface area contributed by atoms with E-state index in [0.29, 0.717) is 11.8 Å². The van der Waals surface area contributed by atoms with Crippen LogP contribution in [0.5, 0.6) is 0 Å². The normalized spacial score (nSPS) is 20.4. The number of hydrogen-bond donors (Lipinski definition) is 1. The number of para-hydroxylation sites is 1. The number of hydrogen-bond acceptors (Lipinski definition) is 4. The highest BCUT2D eigenvalue weighted by molar-refractivity contribution is 7.15. The molecule has 156 valence electrons. The minimum atomic E-state index is 0.109. The van der Waals surface area contributed by atoms with Crippen molar-refractivity contribution in [3.8, 4) is 0 Å². The van der Waals surface area contributed by atoms with Crippen LogP contribution in [-0.2, 0) is 6.42 Å². The minimum absolute atomic E-state index is 0.109. The average molecular weight is 421 g/mol. The van der Waals surface area contributed by atoms with Gasteiger partial charge in [0, 0.05) is 52.5 Å². The number of fused-ring (bicyclic) bond motifs is 2. The van der Waals surface area contributed by atoms with Crippen molar-refractivity contribution in [2.24, 2.45) is 5.92 Å². The lowest BCUT2D eigenvalue weighted by atomic mass is 9.81. The van der Waals surface area contributed by atoms with Gasteiger partial charge in [-0.3, -0.25) is 9.20 Å². The maximum atomic E-state index is 13.0. The van der Waals surface area contributed by atoms with Gasteiger partial charge in [-0.1, -0.05) is 25.1 Å². The maximum Gasteiger partial charge on any atom is 0.262 e. The van der Waals surface area contributed by atoms with E-state index in [1.165, 1.54) is 27.8 Å². The molecule has 3 aromatic heterocycles. The predicted octanol–water partition coefficient (Wildman–Crippen LogP) is 4.52. The number of piperidine rings is 1. The molecule has 1 N–H and O–H groups in total. The number of thiazole rings is 1. The Bertz CT molecular complexity index is 1270. The number of nitrogens with zero attached hydrogens (tertiary/aromatic N) is 3. The first-order valence-corrected chi connectivity index (χ1v) is 11.7. The van der Waals surface area contributed by atoms with Gasteiger partial charge in [-0.25, -0.2) is 4.98 Å². The second-order valence-corrected chi connectivity index (χ2v) is 9.53. The Morgan fingerprint density at radius 3 is 2.93 bits per heavy atom. The third kappa shape index (κ3) is 3.28. The highest BCUT2D eigenvalue weighted by Crippen LogP contribution is 2.36. The molecule has 0 amide bonds. The first kappa shape index (κ1) is 19.5. The van der Waals surface area contributed by atoms with Crippen molar-refractivity contribution in [1.29, 1.82) is 0 Å². The molecule has 0 unspecified atom stereocenters. The van der Waals surface area contributed by atoms with Crippen LogP contribution in [0.4, 0.5) is 0 Å². The van der Waals surface area contributed by atoms with Gasteiger partial charge in [-0.15, -0.1) is 11.3 Å². The van der Waals surface area contributed by atoms with E-state index in [0.717, 1.165) is 54.4 Å². The standard InChI is InChI=1S/C24H28N4OS/c1-15-13-27(10-8-18(15)21-12-25-22-7-5-4-6-20(21)22)11-9-19-17(3)26-24-28(23(19)29)16(2)14-30-24/h4-7,12,14-15,18,25H,8-11,13H2,1-3H3/t15-,18+/m1/s1. The summed E-state index contributed by atoms with van der Waals surface area (Å²) in [5.74, 6) is 1.16. The van der Waals surface area contributed by atoms with Gasteiger partial charge >= 0.3 is 0 Å². The van der Waals surface area contributed by atoms with E-state index >= 15 is 0 Å². The lowest BCUT2D eigenvalue weighted by Gasteiger charge is -2.37. The van der Waals surface area contributed by atoms with Crippen LogP contribution in [-0.4, -0.2) is 38.9 Å². The molecular formula is C24H28N4OS. The molecule has 1 saturated heterocycles. The van der Waals surface area contributed by atoms with Gasteiger partial charge in [0.2, 0.25) is 0 Å². The van der Waals surface area contributed by atoms with E-state index < -0.39 is 0 Å². The Labute approximate surface area is 180 Å². The number of benzene rings is 1. The molecule has 1 aliphatic rings. The molecule has 0 spiro atoms. The number of aryl methyl sites for hydroxylation is 2. The second kappa shape index (κ2) is 7.67. The zero-order valence-corrected chi connectivity index (χ0v) is 18.6. The fourth-order valence-electron chi connectivity index (χ4n) is 5.07. The Morgan fingerprint density at radius 2 is 2.10 bits per heavy atom. The fourth-order valence-corrected chi connectivity index (χ4v) is 5.98. The summed E-state index contributed by atoms with van der Waals surface area (Å²) in [5, 5.41) is 3.36. The van der Waals surface area contributed by atoms with Gasteiger partial charge in [-0.2, -0.15) is 0 Å². The molecule has 5 rings (SSSR count). The van der Waals surface area contributed by atoms with Crippen molar-refractivity contribution >= 4 is 27.2 Å². The monoisotopic (exact) mass is 420 g/mol.